The number of carbonyl (C=O) groups excluding carboxylic acids is 1. The number of hydrogen-bond acceptors (Lipinski definition) is 5. The molecule has 0 fully saturated rings. The molecule has 0 bridgehead atoms. The van der Waals surface area contributed by atoms with Gasteiger partial charge in [-0.15, -0.1) is 0 Å². The van der Waals surface area contributed by atoms with Gasteiger partial charge in [0.05, 0.1) is 7.11 Å². The van der Waals surface area contributed by atoms with Gasteiger partial charge in [-0.1, -0.05) is 12.1 Å². The van der Waals surface area contributed by atoms with Crippen molar-refractivity contribution in [2.75, 3.05) is 13.7 Å². The molecule has 0 aliphatic heterocycles. The number of nitriles is 1. The van der Waals surface area contributed by atoms with Crippen LogP contribution in [0.2, 0.25) is 0 Å². The molecule has 17 heavy (non-hydrogen) atoms. The van der Waals surface area contributed by atoms with Crippen molar-refractivity contribution in [2.45, 2.75) is 12.5 Å². The van der Waals surface area contributed by atoms with Crippen molar-refractivity contribution in [1.29, 1.82) is 5.26 Å². The van der Waals surface area contributed by atoms with Gasteiger partial charge in [0.2, 0.25) is 0 Å². The summed E-state index contributed by atoms with van der Waals surface area (Å²) in [5.41, 5.74) is 6.55. The van der Waals surface area contributed by atoms with Crippen molar-refractivity contribution in [3.05, 3.63) is 29.8 Å². The van der Waals surface area contributed by atoms with E-state index in [9.17, 15) is 4.79 Å². The summed E-state index contributed by atoms with van der Waals surface area (Å²) in [5, 5.41) is 8.26. The largest absolute Gasteiger partial charge is 0.497 e. The van der Waals surface area contributed by atoms with Crippen molar-refractivity contribution in [3.8, 4) is 11.8 Å². The first-order chi connectivity index (χ1) is 8.17. The lowest BCUT2D eigenvalue weighted by atomic mass is 10.1. The zero-order chi connectivity index (χ0) is 12.7. The fraction of sp³-hybridized carbons (Fsp3) is 0.333. The highest BCUT2D eigenvalue weighted by atomic mass is 16.5. The summed E-state index contributed by atoms with van der Waals surface area (Å²) in [6.07, 6.45) is 0.369. The van der Waals surface area contributed by atoms with Gasteiger partial charge in [0.1, 0.15) is 17.9 Å². The number of methoxy groups -OCH3 is 1. The van der Waals surface area contributed by atoms with Crippen molar-refractivity contribution in [1.82, 2.24) is 0 Å². The van der Waals surface area contributed by atoms with Crippen LogP contribution in [-0.2, 0) is 16.0 Å². The van der Waals surface area contributed by atoms with Crippen LogP contribution in [0.5, 0.6) is 5.75 Å². The minimum atomic E-state index is -0.753. The van der Waals surface area contributed by atoms with Crippen molar-refractivity contribution < 1.29 is 14.3 Å². The van der Waals surface area contributed by atoms with Gasteiger partial charge in [0.15, 0.2) is 6.61 Å². The minimum Gasteiger partial charge on any atom is -0.497 e. The Morgan fingerprint density at radius 1 is 1.47 bits per heavy atom. The molecule has 0 heterocycles. The predicted octanol–water partition coefficient (Wildman–Crippen LogP) is 0.632. The highest BCUT2D eigenvalue weighted by Crippen LogP contribution is 2.12. The Labute approximate surface area is 99.7 Å². The molecule has 1 atom stereocenters. The molecule has 1 unspecified atom stereocenters. The molecule has 0 saturated heterocycles. The topological polar surface area (TPSA) is 85.3 Å². The number of esters is 1. The molecule has 5 nitrogen and oxygen atoms in total. The average molecular weight is 234 g/mol. The lowest BCUT2D eigenvalue weighted by Crippen LogP contribution is -2.34. The van der Waals surface area contributed by atoms with Crippen molar-refractivity contribution in [3.63, 3.8) is 0 Å². The third-order valence-electron chi connectivity index (χ3n) is 2.20. The molecule has 5 heteroatoms. The Morgan fingerprint density at radius 3 is 2.65 bits per heavy atom. The molecule has 2 N–H and O–H groups in total. The van der Waals surface area contributed by atoms with Crippen molar-refractivity contribution >= 4 is 5.97 Å². The second kappa shape index (κ2) is 6.51. The first kappa shape index (κ1) is 13.0. The first-order valence-electron chi connectivity index (χ1n) is 5.09. The van der Waals surface area contributed by atoms with E-state index in [0.717, 1.165) is 11.3 Å². The van der Waals surface area contributed by atoms with Crippen LogP contribution in [0.3, 0.4) is 0 Å². The van der Waals surface area contributed by atoms with Crippen LogP contribution in [0.15, 0.2) is 24.3 Å². The molecule has 0 spiro atoms. The van der Waals surface area contributed by atoms with E-state index in [4.69, 9.17) is 15.7 Å². The molecule has 1 rings (SSSR count). The summed E-state index contributed by atoms with van der Waals surface area (Å²) in [5.74, 6) is 0.178. The number of benzene rings is 1. The van der Waals surface area contributed by atoms with Gasteiger partial charge in [-0.2, -0.15) is 5.26 Å². The molecule has 0 aromatic heterocycles. The molecule has 0 aliphatic carbocycles. The highest BCUT2D eigenvalue weighted by molar-refractivity contribution is 5.76. The third-order valence-corrected chi connectivity index (χ3v) is 2.20. The van der Waals surface area contributed by atoms with Crippen LogP contribution in [0, 0.1) is 11.3 Å². The number of carbonyl (C=O) groups is 1. The third kappa shape index (κ3) is 4.13. The molecule has 0 radical (unpaired) electrons. The maximum atomic E-state index is 11.3. The first-order valence-corrected chi connectivity index (χ1v) is 5.09. The summed E-state index contributed by atoms with van der Waals surface area (Å²) in [7, 11) is 1.58. The van der Waals surface area contributed by atoms with Crippen LogP contribution in [0.25, 0.3) is 0 Å². The number of nitrogens with two attached hydrogens (primary N) is 1. The molecule has 0 amide bonds. The van der Waals surface area contributed by atoms with Gasteiger partial charge in [0, 0.05) is 0 Å². The molecule has 1 aromatic rings. The lowest BCUT2D eigenvalue weighted by Gasteiger charge is -2.10. The maximum Gasteiger partial charge on any atom is 0.324 e. The van der Waals surface area contributed by atoms with E-state index in [0.29, 0.717) is 6.42 Å². The van der Waals surface area contributed by atoms with Crippen LogP contribution in [0.4, 0.5) is 0 Å². The van der Waals surface area contributed by atoms with Gasteiger partial charge in [-0.05, 0) is 24.1 Å². The van der Waals surface area contributed by atoms with E-state index in [1.165, 1.54) is 0 Å². The van der Waals surface area contributed by atoms with E-state index in [1.54, 1.807) is 25.3 Å². The fourth-order valence-electron chi connectivity index (χ4n) is 1.31. The Bertz CT molecular complexity index is 409. The highest BCUT2D eigenvalue weighted by Gasteiger charge is 2.15. The zero-order valence-electron chi connectivity index (χ0n) is 9.55. The Hall–Kier alpha value is -2.06. The average Bonchev–Trinajstić information content (AvgIpc) is 2.36. The molecule has 0 aliphatic rings. The normalized spacial score (nSPS) is 11.4. The van der Waals surface area contributed by atoms with E-state index in [-0.39, 0.29) is 6.61 Å². The summed E-state index contributed by atoms with van der Waals surface area (Å²) >= 11 is 0. The monoisotopic (exact) mass is 234 g/mol. The zero-order valence-corrected chi connectivity index (χ0v) is 9.55. The van der Waals surface area contributed by atoms with E-state index < -0.39 is 12.0 Å². The summed E-state index contributed by atoms with van der Waals surface area (Å²) < 4.78 is 9.64. The molecule has 0 saturated carbocycles. The lowest BCUT2D eigenvalue weighted by molar-refractivity contribution is -0.143. The molecule has 1 aromatic carbocycles. The maximum absolute atomic E-state index is 11.3. The van der Waals surface area contributed by atoms with Crippen LogP contribution in [-0.4, -0.2) is 25.7 Å². The predicted molar refractivity (Wildman–Crippen MR) is 61.2 cm³/mol. The van der Waals surface area contributed by atoms with Gasteiger partial charge in [-0.25, -0.2) is 0 Å². The molecule has 90 valence electrons. The molecular weight excluding hydrogens is 220 g/mol. The standard InChI is InChI=1S/C12H14N2O3/c1-16-10-4-2-9(3-5-10)8-11(14)12(15)17-7-6-13/h2-5,11H,7-8,14H2,1H3. The number of rotatable bonds is 5. The Kier molecular flexibility index (Phi) is 4.98. The van der Waals surface area contributed by atoms with Crippen LogP contribution < -0.4 is 10.5 Å². The number of hydrogen-bond donors (Lipinski definition) is 1. The second-order valence-corrected chi connectivity index (χ2v) is 3.42. The Morgan fingerprint density at radius 2 is 2.12 bits per heavy atom. The number of ether oxygens (including phenoxy) is 2. The minimum absolute atomic E-state index is 0.269. The van der Waals surface area contributed by atoms with E-state index in [1.807, 2.05) is 12.1 Å². The summed E-state index contributed by atoms with van der Waals surface area (Å²) in [6.45, 7) is -0.269. The van der Waals surface area contributed by atoms with Gasteiger partial charge < -0.3 is 15.2 Å². The smallest absolute Gasteiger partial charge is 0.324 e. The number of nitrogens with zero attached hydrogens (tertiary/aromatic N) is 1. The summed E-state index contributed by atoms with van der Waals surface area (Å²) in [6, 6.07) is 8.21. The quantitative estimate of drug-likeness (QED) is 0.755. The van der Waals surface area contributed by atoms with Gasteiger partial charge >= 0.3 is 5.97 Å². The van der Waals surface area contributed by atoms with Gasteiger partial charge in [0.25, 0.3) is 0 Å². The summed E-state index contributed by atoms with van der Waals surface area (Å²) in [4.78, 5) is 11.3. The van der Waals surface area contributed by atoms with E-state index in [2.05, 4.69) is 4.74 Å². The van der Waals surface area contributed by atoms with Crippen LogP contribution >= 0.6 is 0 Å². The molecular formula is C12H14N2O3. The van der Waals surface area contributed by atoms with Crippen molar-refractivity contribution in [2.24, 2.45) is 5.73 Å². The van der Waals surface area contributed by atoms with Gasteiger partial charge in [-0.3, -0.25) is 4.79 Å². The van der Waals surface area contributed by atoms with E-state index >= 15 is 0 Å². The SMILES string of the molecule is COc1ccc(CC(N)C(=O)OCC#N)cc1. The fourth-order valence-corrected chi connectivity index (χ4v) is 1.31. The van der Waals surface area contributed by atoms with Crippen LogP contribution in [0.1, 0.15) is 5.56 Å². The second-order valence-electron chi connectivity index (χ2n) is 3.42. The Balaban J connectivity index is 2.52.